The van der Waals surface area contributed by atoms with E-state index in [0.29, 0.717) is 27.1 Å². The Balaban J connectivity index is 2.03. The van der Waals surface area contributed by atoms with E-state index in [0.717, 1.165) is 12.1 Å². The number of carboxylic acid groups (broad SMARTS) is 1. The second kappa shape index (κ2) is 5.86. The molecule has 1 aromatic rings. The van der Waals surface area contributed by atoms with Gasteiger partial charge in [0, 0.05) is 11.4 Å². The lowest BCUT2D eigenvalue weighted by atomic mass is 10.1. The second-order valence-corrected chi connectivity index (χ2v) is 7.34. The van der Waals surface area contributed by atoms with Crippen molar-refractivity contribution >= 4 is 34.2 Å². The van der Waals surface area contributed by atoms with Crippen LogP contribution in [0.4, 0.5) is 0 Å². The quantitative estimate of drug-likeness (QED) is 0.908. The van der Waals surface area contributed by atoms with E-state index in [4.69, 9.17) is 16.9 Å². The van der Waals surface area contributed by atoms with E-state index in [1.165, 1.54) is 24.6 Å². The fourth-order valence-electron chi connectivity index (χ4n) is 2.60. The highest BCUT2D eigenvalue weighted by molar-refractivity contribution is 8.09. The van der Waals surface area contributed by atoms with Gasteiger partial charge in [-0.3, -0.25) is 0 Å². The summed E-state index contributed by atoms with van der Waals surface area (Å²) in [6.07, 6.45) is 2.35. The predicted molar refractivity (Wildman–Crippen MR) is 87.2 cm³/mol. The standard InChI is InChI=1S/C16H15ClN2O2S/c1-9-19(8-10-2-3-10)14(16(20)21)15(22-9)11-4-5-13(17)12(6-11)7-18/h4-6,9-10H,2-3,8H2,1H3,(H,20,21). The van der Waals surface area contributed by atoms with Crippen LogP contribution in [0.1, 0.15) is 30.9 Å². The van der Waals surface area contributed by atoms with Crippen molar-refractivity contribution in [2.75, 3.05) is 6.54 Å². The Morgan fingerprint density at radius 1 is 1.55 bits per heavy atom. The maximum atomic E-state index is 11.8. The molecule has 1 aliphatic heterocycles. The minimum absolute atomic E-state index is 0.0860. The minimum Gasteiger partial charge on any atom is -0.477 e. The number of hydrogen-bond acceptors (Lipinski definition) is 4. The van der Waals surface area contributed by atoms with Gasteiger partial charge in [-0.05, 0) is 43.4 Å². The molecule has 114 valence electrons. The lowest BCUT2D eigenvalue weighted by molar-refractivity contribution is -0.134. The van der Waals surface area contributed by atoms with Crippen molar-refractivity contribution in [3.63, 3.8) is 0 Å². The second-order valence-electron chi connectivity index (χ2n) is 5.60. The van der Waals surface area contributed by atoms with Crippen LogP contribution in [-0.2, 0) is 4.79 Å². The van der Waals surface area contributed by atoms with Crippen LogP contribution < -0.4 is 0 Å². The lowest BCUT2D eigenvalue weighted by Crippen LogP contribution is -2.31. The number of halogens is 1. The molecular formula is C16H15ClN2O2S. The van der Waals surface area contributed by atoms with Gasteiger partial charge in [0.15, 0.2) is 0 Å². The largest absolute Gasteiger partial charge is 0.477 e. The first kappa shape index (κ1) is 15.3. The molecule has 1 N–H and O–H groups in total. The number of nitrogens with zero attached hydrogens (tertiary/aromatic N) is 2. The molecule has 0 saturated heterocycles. The molecule has 1 aromatic carbocycles. The molecule has 1 aliphatic carbocycles. The molecular weight excluding hydrogens is 320 g/mol. The summed E-state index contributed by atoms with van der Waals surface area (Å²) in [4.78, 5) is 14.5. The van der Waals surface area contributed by atoms with Crippen LogP contribution in [0.2, 0.25) is 5.02 Å². The molecule has 1 atom stereocenters. The van der Waals surface area contributed by atoms with Crippen molar-refractivity contribution in [2.24, 2.45) is 5.92 Å². The molecule has 1 saturated carbocycles. The number of rotatable bonds is 4. The fraction of sp³-hybridized carbons (Fsp3) is 0.375. The van der Waals surface area contributed by atoms with Gasteiger partial charge in [-0.2, -0.15) is 5.26 Å². The maximum Gasteiger partial charge on any atom is 0.353 e. The zero-order chi connectivity index (χ0) is 15.9. The van der Waals surface area contributed by atoms with E-state index in [1.54, 1.807) is 18.2 Å². The number of carbonyl (C=O) groups is 1. The van der Waals surface area contributed by atoms with Crippen molar-refractivity contribution in [1.82, 2.24) is 4.90 Å². The summed E-state index contributed by atoms with van der Waals surface area (Å²) < 4.78 is 0. The lowest BCUT2D eigenvalue weighted by Gasteiger charge is -2.24. The highest BCUT2D eigenvalue weighted by Crippen LogP contribution is 2.46. The fourth-order valence-corrected chi connectivity index (χ4v) is 4.00. The number of nitriles is 1. The first-order valence-corrected chi connectivity index (χ1v) is 8.38. The molecule has 1 fully saturated rings. The van der Waals surface area contributed by atoms with Crippen molar-refractivity contribution in [3.05, 3.63) is 40.0 Å². The van der Waals surface area contributed by atoms with E-state index < -0.39 is 5.97 Å². The number of aliphatic carboxylic acids is 1. The van der Waals surface area contributed by atoms with Crippen LogP contribution in [0.5, 0.6) is 0 Å². The Kier molecular flexibility index (Phi) is 4.07. The van der Waals surface area contributed by atoms with E-state index in [1.807, 2.05) is 17.9 Å². The summed E-state index contributed by atoms with van der Waals surface area (Å²) >= 11 is 7.49. The SMILES string of the molecule is CC1SC(c2ccc(Cl)c(C#N)c2)=C(C(=O)O)N1CC1CC1. The van der Waals surface area contributed by atoms with Gasteiger partial charge < -0.3 is 10.0 Å². The first-order valence-electron chi connectivity index (χ1n) is 7.12. The number of thioether (sulfide) groups is 1. The van der Waals surface area contributed by atoms with Gasteiger partial charge in [0.05, 0.1) is 16.0 Å². The molecule has 0 amide bonds. The Morgan fingerprint density at radius 3 is 2.86 bits per heavy atom. The molecule has 6 heteroatoms. The smallest absolute Gasteiger partial charge is 0.353 e. The first-order chi connectivity index (χ1) is 10.5. The zero-order valence-corrected chi connectivity index (χ0v) is 13.6. The molecule has 1 heterocycles. The Hall–Kier alpha value is -1.64. The van der Waals surface area contributed by atoms with Crippen molar-refractivity contribution < 1.29 is 9.90 Å². The van der Waals surface area contributed by atoms with Gasteiger partial charge in [0.1, 0.15) is 11.8 Å². The van der Waals surface area contributed by atoms with E-state index >= 15 is 0 Å². The minimum atomic E-state index is -0.916. The molecule has 0 aromatic heterocycles. The van der Waals surface area contributed by atoms with E-state index in [9.17, 15) is 9.90 Å². The molecule has 3 rings (SSSR count). The third kappa shape index (κ3) is 2.81. The Morgan fingerprint density at radius 2 is 2.27 bits per heavy atom. The van der Waals surface area contributed by atoms with Gasteiger partial charge in [-0.15, -0.1) is 0 Å². The van der Waals surface area contributed by atoms with Gasteiger partial charge in [-0.1, -0.05) is 29.4 Å². The number of hydrogen-bond donors (Lipinski definition) is 1. The molecule has 0 bridgehead atoms. The summed E-state index contributed by atoms with van der Waals surface area (Å²) in [5.41, 5.74) is 1.45. The van der Waals surface area contributed by atoms with E-state index in [2.05, 4.69) is 0 Å². The van der Waals surface area contributed by atoms with Crippen LogP contribution in [0.15, 0.2) is 23.9 Å². The molecule has 2 aliphatic rings. The maximum absolute atomic E-state index is 11.8. The Labute approximate surface area is 138 Å². The zero-order valence-electron chi connectivity index (χ0n) is 12.0. The van der Waals surface area contributed by atoms with Gasteiger partial charge in [-0.25, -0.2) is 4.79 Å². The number of benzene rings is 1. The van der Waals surface area contributed by atoms with Crippen LogP contribution >= 0.6 is 23.4 Å². The van der Waals surface area contributed by atoms with Crippen molar-refractivity contribution in [3.8, 4) is 6.07 Å². The van der Waals surface area contributed by atoms with Gasteiger partial charge >= 0.3 is 5.97 Å². The topological polar surface area (TPSA) is 64.3 Å². The third-order valence-corrected chi connectivity index (χ3v) is 5.52. The van der Waals surface area contributed by atoms with Crippen LogP contribution in [0.25, 0.3) is 4.91 Å². The molecule has 4 nitrogen and oxygen atoms in total. The van der Waals surface area contributed by atoms with Crippen LogP contribution in [0.3, 0.4) is 0 Å². The van der Waals surface area contributed by atoms with Crippen molar-refractivity contribution in [2.45, 2.75) is 25.1 Å². The van der Waals surface area contributed by atoms with Crippen LogP contribution in [-0.4, -0.2) is 27.9 Å². The van der Waals surface area contributed by atoms with E-state index in [-0.39, 0.29) is 5.37 Å². The predicted octanol–water partition coefficient (Wildman–Crippen LogP) is 3.77. The molecule has 1 unspecified atom stereocenters. The van der Waals surface area contributed by atoms with Crippen LogP contribution in [0, 0.1) is 17.2 Å². The number of carboxylic acids is 1. The highest BCUT2D eigenvalue weighted by atomic mass is 35.5. The average Bonchev–Trinajstić information content (AvgIpc) is 3.23. The van der Waals surface area contributed by atoms with Crippen molar-refractivity contribution in [1.29, 1.82) is 5.26 Å². The summed E-state index contributed by atoms with van der Waals surface area (Å²) in [5, 5.41) is 19.2. The highest BCUT2D eigenvalue weighted by Gasteiger charge is 2.37. The van der Waals surface area contributed by atoms with Gasteiger partial charge in [0.2, 0.25) is 0 Å². The summed E-state index contributed by atoms with van der Waals surface area (Å²) in [6, 6.07) is 7.14. The summed E-state index contributed by atoms with van der Waals surface area (Å²) in [5.74, 6) is -0.308. The molecule has 0 spiro atoms. The monoisotopic (exact) mass is 334 g/mol. The average molecular weight is 335 g/mol. The Bertz CT molecular complexity index is 707. The normalized spacial score (nSPS) is 21.1. The third-order valence-electron chi connectivity index (χ3n) is 3.93. The summed E-state index contributed by atoms with van der Waals surface area (Å²) in [6.45, 7) is 2.81. The molecule has 0 radical (unpaired) electrons. The summed E-state index contributed by atoms with van der Waals surface area (Å²) in [7, 11) is 0. The van der Waals surface area contributed by atoms with Gasteiger partial charge in [0.25, 0.3) is 0 Å². The molecule has 22 heavy (non-hydrogen) atoms.